The number of halogens is 1. The molecule has 1 aromatic heterocycles. The minimum atomic E-state index is -0.529. The Morgan fingerprint density at radius 3 is 2.62 bits per heavy atom. The first-order chi connectivity index (χ1) is 7.58. The van der Waals surface area contributed by atoms with Gasteiger partial charge in [0.1, 0.15) is 5.01 Å². The van der Waals surface area contributed by atoms with Crippen LogP contribution in [0.4, 0.5) is 5.69 Å². The molecular formula is C8H3ClN2O3S2. The van der Waals surface area contributed by atoms with E-state index < -0.39 is 4.92 Å². The summed E-state index contributed by atoms with van der Waals surface area (Å²) in [5.41, 5.74) is 0.451. The number of rotatable bonds is 2. The largest absolute Gasteiger partial charge is 0.337 e. The lowest BCUT2D eigenvalue weighted by Gasteiger charge is -1.98. The van der Waals surface area contributed by atoms with Gasteiger partial charge in [-0.05, 0) is 16.4 Å². The van der Waals surface area contributed by atoms with Gasteiger partial charge >= 0.3 is 4.87 Å². The zero-order valence-corrected chi connectivity index (χ0v) is 9.93. The van der Waals surface area contributed by atoms with E-state index in [0.29, 0.717) is 10.6 Å². The van der Waals surface area contributed by atoms with Gasteiger partial charge in [-0.15, -0.1) is 0 Å². The molecule has 5 nitrogen and oxygen atoms in total. The first-order valence-corrected chi connectivity index (χ1v) is 6.52. The van der Waals surface area contributed by atoms with Crippen molar-refractivity contribution >= 4 is 38.0 Å². The maximum atomic E-state index is 10.9. The Kier molecular flexibility index (Phi) is 2.99. The second kappa shape index (κ2) is 4.28. The second-order valence-corrected chi connectivity index (χ2v) is 5.25. The van der Waals surface area contributed by atoms with Crippen LogP contribution in [-0.4, -0.2) is 9.91 Å². The van der Waals surface area contributed by atoms with Crippen LogP contribution in [0.3, 0.4) is 0 Å². The Labute approximate surface area is 101 Å². The minimum absolute atomic E-state index is 0.0867. The summed E-state index contributed by atoms with van der Waals surface area (Å²) < 4.78 is 0. The molecule has 0 radical (unpaired) electrons. The van der Waals surface area contributed by atoms with Crippen LogP contribution in [0, 0.1) is 10.1 Å². The average molecular weight is 275 g/mol. The molecule has 0 aliphatic carbocycles. The molecule has 8 heteroatoms. The van der Waals surface area contributed by atoms with Crippen molar-refractivity contribution in [1.82, 2.24) is 4.98 Å². The summed E-state index contributed by atoms with van der Waals surface area (Å²) in [7, 11) is 2.20. The molecular weight excluding hydrogens is 272 g/mol. The van der Waals surface area contributed by atoms with E-state index in [0.717, 1.165) is 10.3 Å². The number of aromatic nitrogens is 1. The summed E-state index contributed by atoms with van der Waals surface area (Å²) in [6, 6.07) is 4.07. The molecule has 0 N–H and O–H groups in total. The number of nitro benzene ring substituents is 1. The summed E-state index contributed by atoms with van der Waals surface area (Å²) in [5, 5.41) is 11.2. The van der Waals surface area contributed by atoms with Crippen LogP contribution in [-0.2, 0) is 0 Å². The number of non-ortho nitro benzene ring substituents is 1. The molecule has 0 spiro atoms. The van der Waals surface area contributed by atoms with E-state index in [1.165, 1.54) is 28.5 Å². The zero-order valence-electron chi connectivity index (χ0n) is 7.55. The molecule has 1 aromatic carbocycles. The molecule has 0 fully saturated rings. The molecule has 0 saturated carbocycles. The van der Waals surface area contributed by atoms with Gasteiger partial charge in [0.2, 0.25) is 0 Å². The molecule has 0 amide bonds. The topological polar surface area (TPSA) is 73.1 Å². The fourth-order valence-corrected chi connectivity index (χ4v) is 3.08. The van der Waals surface area contributed by atoms with Crippen molar-refractivity contribution in [3.63, 3.8) is 0 Å². The van der Waals surface area contributed by atoms with Crippen LogP contribution in [0.1, 0.15) is 0 Å². The smallest absolute Gasteiger partial charge is 0.258 e. The second-order valence-electron chi connectivity index (χ2n) is 2.77. The van der Waals surface area contributed by atoms with Crippen molar-refractivity contribution in [2.75, 3.05) is 0 Å². The van der Waals surface area contributed by atoms with Gasteiger partial charge in [-0.2, -0.15) is 4.98 Å². The lowest BCUT2D eigenvalue weighted by atomic mass is 10.2. The van der Waals surface area contributed by atoms with E-state index in [9.17, 15) is 14.9 Å². The Morgan fingerprint density at radius 1 is 1.38 bits per heavy atom. The van der Waals surface area contributed by atoms with E-state index in [2.05, 4.69) is 4.98 Å². The van der Waals surface area contributed by atoms with Crippen LogP contribution >= 0.6 is 32.3 Å². The third kappa shape index (κ3) is 2.11. The Balaban J connectivity index is 2.51. The molecule has 2 aromatic rings. The summed E-state index contributed by atoms with van der Waals surface area (Å²) in [6.45, 7) is 0. The van der Waals surface area contributed by atoms with Gasteiger partial charge in [-0.1, -0.05) is 21.9 Å². The Hall–Kier alpha value is -1.31. The number of benzene rings is 1. The van der Waals surface area contributed by atoms with Gasteiger partial charge in [0, 0.05) is 17.7 Å². The summed E-state index contributed by atoms with van der Waals surface area (Å²) >= 11 is 5.88. The summed E-state index contributed by atoms with van der Waals surface area (Å²) in [6.07, 6.45) is 0. The van der Waals surface area contributed by atoms with Gasteiger partial charge in [0.15, 0.2) is 0 Å². The SMILES string of the molecule is O=c1nc(-c2ccc([N+](=O)[O-])cc2Cl)ss1. The monoisotopic (exact) mass is 274 g/mol. The highest BCUT2D eigenvalue weighted by Crippen LogP contribution is 2.32. The standard InChI is InChI=1S/C8H3ClN2O3S2/c9-6-3-4(11(13)14)1-2-5(6)7-10-8(12)16-15-7/h1-3H. The summed E-state index contributed by atoms with van der Waals surface area (Å²) in [4.78, 5) is 24.3. The lowest BCUT2D eigenvalue weighted by Crippen LogP contribution is -1.93. The first-order valence-electron chi connectivity index (χ1n) is 3.99. The molecule has 0 unspecified atom stereocenters. The molecule has 1 heterocycles. The van der Waals surface area contributed by atoms with E-state index in [1.54, 1.807) is 0 Å². The fraction of sp³-hybridized carbons (Fsp3) is 0. The Bertz CT molecular complexity index is 607. The van der Waals surface area contributed by atoms with Gasteiger partial charge < -0.3 is 0 Å². The van der Waals surface area contributed by atoms with Crippen LogP contribution < -0.4 is 4.87 Å². The van der Waals surface area contributed by atoms with Gasteiger partial charge in [0.05, 0.1) is 9.95 Å². The normalized spacial score (nSPS) is 10.3. The predicted molar refractivity (Wildman–Crippen MR) is 63.4 cm³/mol. The predicted octanol–water partition coefficient (Wildman–Crippen LogP) is 2.79. The van der Waals surface area contributed by atoms with Crippen molar-refractivity contribution in [2.24, 2.45) is 0 Å². The average Bonchev–Trinajstić information content (AvgIpc) is 2.64. The quantitative estimate of drug-likeness (QED) is 0.479. The number of nitro groups is 1. The third-order valence-corrected chi connectivity index (χ3v) is 4.03. The van der Waals surface area contributed by atoms with Crippen LogP contribution in [0.2, 0.25) is 5.02 Å². The highest BCUT2D eigenvalue weighted by molar-refractivity contribution is 7.69. The number of nitrogens with zero attached hydrogens (tertiary/aromatic N) is 2. The number of hydrogen-bond donors (Lipinski definition) is 0. The molecule has 0 atom stereocenters. The van der Waals surface area contributed by atoms with Crippen molar-refractivity contribution in [3.05, 3.63) is 43.0 Å². The van der Waals surface area contributed by atoms with Gasteiger partial charge in [-0.25, -0.2) is 0 Å². The van der Waals surface area contributed by atoms with Gasteiger partial charge in [0.25, 0.3) is 5.69 Å². The van der Waals surface area contributed by atoms with Crippen LogP contribution in [0.5, 0.6) is 0 Å². The van der Waals surface area contributed by atoms with Crippen molar-refractivity contribution in [3.8, 4) is 10.6 Å². The first kappa shape index (κ1) is 11.2. The highest BCUT2D eigenvalue weighted by atomic mass is 35.5. The van der Waals surface area contributed by atoms with Crippen molar-refractivity contribution in [1.29, 1.82) is 0 Å². The maximum absolute atomic E-state index is 10.9. The molecule has 0 aliphatic heterocycles. The molecule has 82 valence electrons. The lowest BCUT2D eigenvalue weighted by molar-refractivity contribution is -0.384. The molecule has 0 aliphatic rings. The van der Waals surface area contributed by atoms with E-state index in [1.807, 2.05) is 0 Å². The fourth-order valence-electron chi connectivity index (χ4n) is 1.09. The van der Waals surface area contributed by atoms with Crippen LogP contribution in [0.15, 0.2) is 23.0 Å². The molecule has 2 rings (SSSR count). The third-order valence-electron chi connectivity index (χ3n) is 1.78. The van der Waals surface area contributed by atoms with Crippen molar-refractivity contribution in [2.45, 2.75) is 0 Å². The highest BCUT2D eigenvalue weighted by Gasteiger charge is 2.13. The van der Waals surface area contributed by atoms with Crippen LogP contribution in [0.25, 0.3) is 10.6 Å². The van der Waals surface area contributed by atoms with Gasteiger partial charge in [-0.3, -0.25) is 14.9 Å². The number of hydrogen-bond acceptors (Lipinski definition) is 6. The minimum Gasteiger partial charge on any atom is -0.258 e. The van der Waals surface area contributed by atoms with E-state index >= 15 is 0 Å². The molecule has 16 heavy (non-hydrogen) atoms. The molecule has 0 saturated heterocycles. The molecule has 0 bridgehead atoms. The maximum Gasteiger partial charge on any atom is 0.337 e. The van der Waals surface area contributed by atoms with E-state index in [-0.39, 0.29) is 15.6 Å². The zero-order chi connectivity index (χ0) is 11.7. The van der Waals surface area contributed by atoms with E-state index in [4.69, 9.17) is 11.6 Å². The summed E-state index contributed by atoms with van der Waals surface area (Å²) in [5.74, 6) is 0. The van der Waals surface area contributed by atoms with Crippen molar-refractivity contribution < 1.29 is 4.92 Å². The Morgan fingerprint density at radius 2 is 2.12 bits per heavy atom.